The Kier molecular flexibility index (Phi) is 8.73. The number of carbonyl (C=O) groups is 2. The van der Waals surface area contributed by atoms with Crippen LogP contribution < -0.4 is 5.73 Å². The minimum atomic E-state index is -1.16. The van der Waals surface area contributed by atoms with Gasteiger partial charge in [0.1, 0.15) is 18.2 Å². The Morgan fingerprint density at radius 1 is 1.15 bits per heavy atom. The van der Waals surface area contributed by atoms with Crippen molar-refractivity contribution in [2.75, 3.05) is 6.61 Å². The molecule has 5 atom stereocenters. The maximum Gasteiger partial charge on any atom is 0.253 e. The van der Waals surface area contributed by atoms with Crippen molar-refractivity contribution in [2.45, 2.75) is 56.6 Å². The number of nitrogens with two attached hydrogens (primary N) is 1. The summed E-state index contributed by atoms with van der Waals surface area (Å²) in [5.41, 5.74) is 7.16. The van der Waals surface area contributed by atoms with Crippen LogP contribution in [0.25, 0.3) is 0 Å². The highest BCUT2D eigenvalue weighted by atomic mass is 35.5. The van der Waals surface area contributed by atoms with Crippen molar-refractivity contribution >= 4 is 35.0 Å². The van der Waals surface area contributed by atoms with Gasteiger partial charge in [0.2, 0.25) is 5.91 Å². The number of nitrogens with zero attached hydrogens (tertiary/aromatic N) is 1. The average molecular weight is 495 g/mol. The largest absolute Gasteiger partial charge is 0.394 e. The van der Waals surface area contributed by atoms with E-state index in [1.54, 1.807) is 42.5 Å². The smallest absolute Gasteiger partial charge is 0.253 e. The predicted molar refractivity (Wildman–Crippen MR) is 126 cm³/mol. The van der Waals surface area contributed by atoms with Crippen LogP contribution >= 0.6 is 23.2 Å². The van der Waals surface area contributed by atoms with E-state index in [0.29, 0.717) is 34.0 Å². The van der Waals surface area contributed by atoms with Crippen molar-refractivity contribution in [2.24, 2.45) is 5.73 Å². The number of aliphatic hydroxyl groups is 2. The van der Waals surface area contributed by atoms with Gasteiger partial charge in [-0.3, -0.25) is 9.59 Å². The Morgan fingerprint density at radius 3 is 2.42 bits per heavy atom. The summed E-state index contributed by atoms with van der Waals surface area (Å²) in [6.45, 7) is 1.38. The third-order valence-corrected chi connectivity index (χ3v) is 6.23. The third kappa shape index (κ3) is 5.86. The fourth-order valence-corrected chi connectivity index (χ4v) is 4.54. The first kappa shape index (κ1) is 25.5. The van der Waals surface area contributed by atoms with Crippen LogP contribution in [0.15, 0.2) is 48.5 Å². The van der Waals surface area contributed by atoms with Crippen LogP contribution in [-0.2, 0) is 14.3 Å². The van der Waals surface area contributed by atoms with Gasteiger partial charge in [0.25, 0.3) is 5.91 Å². The number of halogens is 2. The molecular formula is C24H28Cl2N2O5. The minimum Gasteiger partial charge on any atom is -0.394 e. The van der Waals surface area contributed by atoms with Crippen LogP contribution in [0, 0.1) is 0 Å². The lowest BCUT2D eigenvalue weighted by molar-refractivity contribution is -0.185. The molecule has 0 aromatic heterocycles. The van der Waals surface area contributed by atoms with Crippen LogP contribution in [-0.4, -0.2) is 51.8 Å². The lowest BCUT2D eigenvalue weighted by atomic mass is 9.88. The van der Waals surface area contributed by atoms with Gasteiger partial charge in [-0.2, -0.15) is 0 Å². The number of hydrogen-bond donors (Lipinski definition) is 3. The topological polar surface area (TPSA) is 113 Å². The fraction of sp³-hybridized carbons (Fsp3) is 0.417. The van der Waals surface area contributed by atoms with Crippen molar-refractivity contribution in [3.05, 3.63) is 69.7 Å². The Labute approximate surface area is 203 Å². The highest BCUT2D eigenvalue weighted by molar-refractivity contribution is 6.30. The van der Waals surface area contributed by atoms with Crippen LogP contribution in [0.3, 0.4) is 0 Å². The molecule has 2 aromatic carbocycles. The molecule has 1 aliphatic rings. The first-order valence-electron chi connectivity index (χ1n) is 10.8. The summed E-state index contributed by atoms with van der Waals surface area (Å²) in [4.78, 5) is 27.6. The molecule has 0 spiro atoms. The van der Waals surface area contributed by atoms with Crippen molar-refractivity contribution in [1.29, 1.82) is 0 Å². The molecule has 1 unspecified atom stereocenters. The van der Waals surface area contributed by atoms with E-state index in [9.17, 15) is 19.8 Å². The van der Waals surface area contributed by atoms with Crippen LogP contribution in [0.4, 0.5) is 0 Å². The van der Waals surface area contributed by atoms with Crippen LogP contribution in [0.5, 0.6) is 0 Å². The monoisotopic (exact) mass is 494 g/mol. The van der Waals surface area contributed by atoms with Crippen molar-refractivity contribution in [3.8, 4) is 0 Å². The molecule has 1 saturated heterocycles. The van der Waals surface area contributed by atoms with E-state index in [1.807, 2.05) is 13.0 Å². The zero-order chi connectivity index (χ0) is 24.1. The number of primary amides is 1. The van der Waals surface area contributed by atoms with Gasteiger partial charge in [0, 0.05) is 16.5 Å². The minimum absolute atomic E-state index is 0.131. The normalized spacial score (nSPS) is 22.8. The van der Waals surface area contributed by atoms with E-state index in [1.165, 1.54) is 4.90 Å². The molecule has 2 amide bonds. The molecule has 0 bridgehead atoms. The van der Waals surface area contributed by atoms with Crippen molar-refractivity contribution in [1.82, 2.24) is 4.90 Å². The molecule has 1 fully saturated rings. The van der Waals surface area contributed by atoms with E-state index in [4.69, 9.17) is 33.7 Å². The molecule has 0 saturated carbocycles. The highest BCUT2D eigenvalue weighted by Gasteiger charge is 2.48. The second kappa shape index (κ2) is 11.3. The highest BCUT2D eigenvalue weighted by Crippen LogP contribution is 2.44. The van der Waals surface area contributed by atoms with E-state index < -0.39 is 48.8 Å². The van der Waals surface area contributed by atoms with Gasteiger partial charge in [-0.25, -0.2) is 0 Å². The molecule has 1 heterocycles. The van der Waals surface area contributed by atoms with Gasteiger partial charge >= 0.3 is 0 Å². The van der Waals surface area contributed by atoms with E-state index >= 15 is 0 Å². The number of rotatable bonds is 9. The fourth-order valence-electron chi connectivity index (χ4n) is 4.22. The standard InChI is InChI=1S/C24H28Cl2N2O5/c1-2-4-19(23(27)31)28-21(14-7-9-16(25)10-8-14)22(15-5-3-6-17(26)11-15)33-20(24(28)32)12-18(30)13-29/h3,5-11,18-22,29-30H,2,4,12-13H2,1H3,(H2,27,31)/t18-,19?,20-,21+,22-/m0/s1. The molecular weight excluding hydrogens is 467 g/mol. The quantitative estimate of drug-likeness (QED) is 0.494. The molecule has 0 aliphatic carbocycles. The van der Waals surface area contributed by atoms with Gasteiger partial charge in [0.15, 0.2) is 0 Å². The molecule has 0 radical (unpaired) electrons. The Hall–Kier alpha value is -2.16. The van der Waals surface area contributed by atoms with E-state index in [0.717, 1.165) is 0 Å². The lowest BCUT2D eigenvalue weighted by Crippen LogP contribution is -2.58. The van der Waals surface area contributed by atoms with Gasteiger partial charge in [0.05, 0.1) is 18.8 Å². The average Bonchev–Trinajstić information content (AvgIpc) is 2.79. The summed E-state index contributed by atoms with van der Waals surface area (Å²) < 4.78 is 6.24. The first-order valence-corrected chi connectivity index (χ1v) is 11.6. The molecule has 2 aromatic rings. The van der Waals surface area contributed by atoms with Gasteiger partial charge in [-0.15, -0.1) is 0 Å². The van der Waals surface area contributed by atoms with Gasteiger partial charge in [-0.05, 0) is 41.8 Å². The summed E-state index contributed by atoms with van der Waals surface area (Å²) in [5, 5.41) is 20.4. The van der Waals surface area contributed by atoms with E-state index in [2.05, 4.69) is 0 Å². The zero-order valence-corrected chi connectivity index (χ0v) is 19.7. The summed E-state index contributed by atoms with van der Waals surface area (Å²) in [5.74, 6) is -1.10. The maximum atomic E-state index is 13.6. The summed E-state index contributed by atoms with van der Waals surface area (Å²) in [6.07, 6.45) is -2.10. The number of benzene rings is 2. The maximum absolute atomic E-state index is 13.6. The first-order chi connectivity index (χ1) is 15.8. The van der Waals surface area contributed by atoms with Gasteiger partial charge in [-0.1, -0.05) is 60.8 Å². The second-order valence-electron chi connectivity index (χ2n) is 8.12. The molecule has 7 nitrogen and oxygen atoms in total. The molecule has 1 aliphatic heterocycles. The number of ether oxygens (including phenoxy) is 1. The summed E-state index contributed by atoms with van der Waals surface area (Å²) >= 11 is 12.3. The number of aliphatic hydroxyl groups excluding tert-OH is 2. The van der Waals surface area contributed by atoms with E-state index in [-0.39, 0.29) is 6.42 Å². The number of amides is 2. The SMILES string of the molecule is CCCC(C(N)=O)N1C(=O)[C@H](C[C@H](O)CO)O[C@@H](c2cccc(Cl)c2)[C@H]1c1ccc(Cl)cc1. The Bertz CT molecular complexity index is 972. The number of carbonyl (C=O) groups excluding carboxylic acids is 2. The van der Waals surface area contributed by atoms with Crippen LogP contribution in [0.2, 0.25) is 10.0 Å². The van der Waals surface area contributed by atoms with Crippen molar-refractivity contribution < 1.29 is 24.5 Å². The van der Waals surface area contributed by atoms with Gasteiger partial charge < -0.3 is 25.6 Å². The second-order valence-corrected chi connectivity index (χ2v) is 8.99. The van der Waals surface area contributed by atoms with Crippen molar-refractivity contribution in [3.63, 3.8) is 0 Å². The molecule has 4 N–H and O–H groups in total. The summed E-state index contributed by atoms with van der Waals surface area (Å²) in [7, 11) is 0. The molecule has 9 heteroatoms. The zero-order valence-electron chi connectivity index (χ0n) is 18.2. The Morgan fingerprint density at radius 2 is 1.85 bits per heavy atom. The lowest BCUT2D eigenvalue weighted by Gasteiger charge is -2.47. The molecule has 3 rings (SSSR count). The number of morpholine rings is 1. The number of hydrogen-bond acceptors (Lipinski definition) is 5. The van der Waals surface area contributed by atoms with Crippen LogP contribution in [0.1, 0.15) is 49.5 Å². The molecule has 33 heavy (non-hydrogen) atoms. The predicted octanol–water partition coefficient (Wildman–Crippen LogP) is 3.40. The molecule has 178 valence electrons. The summed E-state index contributed by atoms with van der Waals surface area (Å²) in [6, 6.07) is 12.4. The Balaban J connectivity index is 2.18. The third-order valence-electron chi connectivity index (χ3n) is 5.74.